The molecule has 0 aliphatic heterocycles. The Morgan fingerprint density at radius 1 is 1.67 bits per heavy atom. The molecule has 0 aromatic carbocycles. The summed E-state index contributed by atoms with van der Waals surface area (Å²) in [6, 6.07) is 0.446. The maximum atomic E-state index is 5.53. The Morgan fingerprint density at radius 3 is 2.56 bits per heavy atom. The van der Waals surface area contributed by atoms with Gasteiger partial charge in [-0.05, 0) is 19.3 Å². The van der Waals surface area contributed by atoms with Crippen molar-refractivity contribution in [1.82, 2.24) is 0 Å². The Hall–Kier alpha value is 0.210. The average Bonchev–Trinajstić information content (AvgIpc) is 2.42. The summed E-state index contributed by atoms with van der Waals surface area (Å²) in [5.41, 5.74) is 5.53. The van der Waals surface area contributed by atoms with Crippen molar-refractivity contribution in [3.8, 4) is 0 Å². The molecule has 2 atom stereocenters. The van der Waals surface area contributed by atoms with Crippen molar-refractivity contribution in [3.63, 3.8) is 0 Å². The van der Waals surface area contributed by atoms with Crippen molar-refractivity contribution in [1.29, 1.82) is 0 Å². The third-order valence-corrected chi connectivity index (χ3v) is 1.51. The van der Waals surface area contributed by atoms with E-state index in [1.807, 2.05) is 6.92 Å². The number of hydrogen-bond acceptors (Lipinski definition) is 2. The van der Waals surface area contributed by atoms with Crippen molar-refractivity contribution >= 4 is 12.4 Å². The molecule has 0 aromatic heterocycles. The lowest BCUT2D eigenvalue weighted by Gasteiger charge is -1.95. The van der Waals surface area contributed by atoms with Crippen molar-refractivity contribution in [2.24, 2.45) is 11.7 Å². The molecule has 9 heavy (non-hydrogen) atoms. The highest BCUT2D eigenvalue weighted by atomic mass is 35.5. The van der Waals surface area contributed by atoms with Crippen LogP contribution in [0.1, 0.15) is 13.3 Å². The van der Waals surface area contributed by atoms with Crippen molar-refractivity contribution in [2.45, 2.75) is 19.4 Å². The first kappa shape index (κ1) is 9.21. The van der Waals surface area contributed by atoms with Crippen LogP contribution in [0.25, 0.3) is 0 Å². The summed E-state index contributed by atoms with van der Waals surface area (Å²) in [6.45, 7) is 3.70. The van der Waals surface area contributed by atoms with Gasteiger partial charge in [-0.1, -0.05) is 0 Å². The van der Waals surface area contributed by atoms with E-state index in [9.17, 15) is 0 Å². The van der Waals surface area contributed by atoms with E-state index in [2.05, 4.69) is 0 Å². The highest BCUT2D eigenvalue weighted by molar-refractivity contribution is 5.85. The molecule has 56 valence electrons. The van der Waals surface area contributed by atoms with Crippen LogP contribution in [0.4, 0.5) is 0 Å². The molecule has 0 radical (unpaired) electrons. The zero-order valence-electron chi connectivity index (χ0n) is 5.67. The molecule has 1 fully saturated rings. The van der Waals surface area contributed by atoms with Gasteiger partial charge < -0.3 is 10.5 Å². The maximum absolute atomic E-state index is 5.53. The number of rotatable bonds is 3. The second kappa shape index (κ2) is 4.09. The summed E-state index contributed by atoms with van der Waals surface area (Å²) in [4.78, 5) is 0. The average molecular weight is 152 g/mol. The van der Waals surface area contributed by atoms with Gasteiger partial charge >= 0.3 is 0 Å². The van der Waals surface area contributed by atoms with Gasteiger partial charge in [0.05, 0.1) is 6.61 Å². The first-order chi connectivity index (χ1) is 3.84. The van der Waals surface area contributed by atoms with Crippen molar-refractivity contribution < 1.29 is 4.74 Å². The monoisotopic (exact) mass is 151 g/mol. The first-order valence-electron chi connectivity index (χ1n) is 3.18. The lowest BCUT2D eigenvalue weighted by Crippen LogP contribution is -2.06. The van der Waals surface area contributed by atoms with Crippen LogP contribution < -0.4 is 5.73 Å². The maximum Gasteiger partial charge on any atom is 0.0509 e. The number of ether oxygens (including phenoxy) is 1. The van der Waals surface area contributed by atoms with Crippen molar-refractivity contribution in [2.75, 3.05) is 13.2 Å². The summed E-state index contributed by atoms with van der Waals surface area (Å²) in [5.74, 6) is 0.676. The molecule has 1 aliphatic carbocycles. The van der Waals surface area contributed by atoms with Gasteiger partial charge in [-0.25, -0.2) is 0 Å². The molecule has 1 saturated carbocycles. The molecule has 2 N–H and O–H groups in total. The molecule has 1 aliphatic rings. The molecule has 0 aromatic rings. The van der Waals surface area contributed by atoms with Crippen LogP contribution in [-0.2, 0) is 4.74 Å². The van der Waals surface area contributed by atoms with Crippen LogP contribution in [-0.4, -0.2) is 19.3 Å². The fraction of sp³-hybridized carbons (Fsp3) is 1.00. The van der Waals surface area contributed by atoms with Crippen LogP contribution in [0, 0.1) is 5.92 Å². The van der Waals surface area contributed by atoms with Gasteiger partial charge in [0.2, 0.25) is 0 Å². The highest BCUT2D eigenvalue weighted by Gasteiger charge is 2.32. The van der Waals surface area contributed by atoms with E-state index >= 15 is 0 Å². The summed E-state index contributed by atoms with van der Waals surface area (Å²) in [6.07, 6.45) is 1.17. The highest BCUT2D eigenvalue weighted by Crippen LogP contribution is 2.27. The van der Waals surface area contributed by atoms with E-state index in [0.29, 0.717) is 12.0 Å². The molecule has 0 heterocycles. The Labute approximate surface area is 62.2 Å². The third kappa shape index (κ3) is 3.04. The zero-order valence-corrected chi connectivity index (χ0v) is 6.49. The smallest absolute Gasteiger partial charge is 0.0509 e. The molecule has 3 heteroatoms. The number of hydrogen-bond donors (Lipinski definition) is 1. The molecule has 0 unspecified atom stereocenters. The van der Waals surface area contributed by atoms with Gasteiger partial charge in [0.1, 0.15) is 0 Å². The van der Waals surface area contributed by atoms with Gasteiger partial charge in [-0.15, -0.1) is 12.4 Å². The van der Waals surface area contributed by atoms with Gasteiger partial charge in [0, 0.05) is 12.6 Å². The number of nitrogens with two attached hydrogens (primary N) is 1. The van der Waals surface area contributed by atoms with Gasteiger partial charge in [-0.3, -0.25) is 0 Å². The predicted octanol–water partition coefficient (Wildman–Crippen LogP) is 0.792. The predicted molar refractivity (Wildman–Crippen MR) is 39.8 cm³/mol. The van der Waals surface area contributed by atoms with Crippen LogP contribution >= 0.6 is 12.4 Å². The number of halogens is 1. The Balaban J connectivity index is 0.000000640. The van der Waals surface area contributed by atoms with E-state index in [1.165, 1.54) is 6.42 Å². The fourth-order valence-corrected chi connectivity index (χ4v) is 0.732. The normalized spacial score (nSPS) is 31.3. The molecule has 0 bridgehead atoms. The Morgan fingerprint density at radius 2 is 2.22 bits per heavy atom. The Kier molecular flexibility index (Phi) is 4.19. The molecule has 0 amide bonds. The van der Waals surface area contributed by atoms with Gasteiger partial charge in [-0.2, -0.15) is 0 Å². The van der Waals surface area contributed by atoms with E-state index in [-0.39, 0.29) is 12.4 Å². The molecule has 2 nitrogen and oxygen atoms in total. The van der Waals surface area contributed by atoms with Crippen LogP contribution in [0.5, 0.6) is 0 Å². The molecular formula is C6H14ClNO. The molecule has 1 rings (SSSR count). The topological polar surface area (TPSA) is 35.2 Å². The zero-order chi connectivity index (χ0) is 5.98. The molecule has 0 saturated heterocycles. The summed E-state index contributed by atoms with van der Waals surface area (Å²) in [5, 5.41) is 0. The minimum atomic E-state index is 0. The van der Waals surface area contributed by atoms with E-state index in [1.54, 1.807) is 0 Å². The standard InChI is InChI=1S/C6H13NO.ClH/c1-2-8-4-5-3-6(5)7;/h5-6H,2-4,7H2,1H3;1H/t5-,6+;/m1./s1. The minimum absolute atomic E-state index is 0. The fourth-order valence-electron chi connectivity index (χ4n) is 0.732. The second-order valence-corrected chi connectivity index (χ2v) is 2.32. The van der Waals surface area contributed by atoms with Crippen molar-refractivity contribution in [3.05, 3.63) is 0 Å². The van der Waals surface area contributed by atoms with E-state index in [0.717, 1.165) is 13.2 Å². The van der Waals surface area contributed by atoms with Crippen LogP contribution in [0.3, 0.4) is 0 Å². The van der Waals surface area contributed by atoms with Gasteiger partial charge in [0.15, 0.2) is 0 Å². The summed E-state index contributed by atoms with van der Waals surface area (Å²) < 4.78 is 5.15. The molecule has 0 spiro atoms. The Bertz CT molecular complexity index is 79.5. The lowest BCUT2D eigenvalue weighted by atomic mass is 10.4. The first-order valence-corrected chi connectivity index (χ1v) is 3.18. The minimum Gasteiger partial charge on any atom is -0.381 e. The van der Waals surface area contributed by atoms with E-state index < -0.39 is 0 Å². The quantitative estimate of drug-likeness (QED) is 0.648. The van der Waals surface area contributed by atoms with Crippen LogP contribution in [0.2, 0.25) is 0 Å². The third-order valence-electron chi connectivity index (χ3n) is 1.51. The van der Waals surface area contributed by atoms with Crippen LogP contribution in [0.15, 0.2) is 0 Å². The summed E-state index contributed by atoms with van der Waals surface area (Å²) in [7, 11) is 0. The second-order valence-electron chi connectivity index (χ2n) is 2.32. The SMILES string of the molecule is CCOC[C@H]1C[C@@H]1N.Cl. The largest absolute Gasteiger partial charge is 0.381 e. The van der Waals surface area contributed by atoms with E-state index in [4.69, 9.17) is 10.5 Å². The van der Waals surface area contributed by atoms with Gasteiger partial charge in [0.25, 0.3) is 0 Å². The summed E-state index contributed by atoms with van der Waals surface area (Å²) >= 11 is 0. The lowest BCUT2D eigenvalue weighted by molar-refractivity contribution is 0.136. The molecular weight excluding hydrogens is 138 g/mol.